The molecule has 0 spiro atoms. The maximum absolute atomic E-state index is 11.5. The summed E-state index contributed by atoms with van der Waals surface area (Å²) in [5, 5.41) is 22.3. The second kappa shape index (κ2) is 11.8. The predicted octanol–water partition coefficient (Wildman–Crippen LogP) is -2.73. The number of aliphatic hydroxyl groups excluding tert-OH is 2. The monoisotopic (exact) mass is 407 g/mol. The van der Waals surface area contributed by atoms with E-state index in [1.165, 1.54) is 6.92 Å². The zero-order valence-electron chi connectivity index (χ0n) is 15.6. The van der Waals surface area contributed by atoms with Gasteiger partial charge in [-0.1, -0.05) is 0 Å². The summed E-state index contributed by atoms with van der Waals surface area (Å²) >= 11 is 0. The Morgan fingerprint density at radius 3 is 2.43 bits per heavy atom. The van der Waals surface area contributed by atoms with Crippen LogP contribution in [-0.2, 0) is 42.9 Å². The lowest BCUT2D eigenvalue weighted by molar-refractivity contribution is -0.283. The van der Waals surface area contributed by atoms with Crippen molar-refractivity contribution in [3.63, 3.8) is 0 Å². The maximum Gasteiger partial charge on any atom is 0.295 e. The minimum absolute atomic E-state index is 0.00464. The number of carbonyl (C=O) groups is 4. The average molecular weight is 407 g/mol. The van der Waals surface area contributed by atoms with E-state index in [0.29, 0.717) is 6.29 Å². The molecule has 0 bridgehead atoms. The molecular formula is C16H25NO11. The van der Waals surface area contributed by atoms with Crippen molar-refractivity contribution < 1.29 is 53.1 Å². The molecule has 0 aromatic carbocycles. The topological polar surface area (TPSA) is 167 Å². The number of hydrogen-bond donors (Lipinski definition) is 3. The van der Waals surface area contributed by atoms with Gasteiger partial charge >= 0.3 is 0 Å². The Labute approximate surface area is 161 Å². The summed E-state index contributed by atoms with van der Waals surface area (Å²) in [6.45, 7) is 2.27. The Bertz CT molecular complexity index is 531. The first kappa shape index (κ1) is 24.1. The van der Waals surface area contributed by atoms with Gasteiger partial charge in [-0.2, -0.15) is 0 Å². The third-order valence-electron chi connectivity index (χ3n) is 4.05. The van der Waals surface area contributed by atoms with Crippen molar-refractivity contribution in [2.24, 2.45) is 0 Å². The first-order chi connectivity index (χ1) is 13.3. The largest absolute Gasteiger partial charge is 0.434 e. The summed E-state index contributed by atoms with van der Waals surface area (Å²) in [5.74, 6) is -0.449. The second-order valence-corrected chi connectivity index (χ2v) is 5.96. The molecule has 1 heterocycles. The highest BCUT2D eigenvalue weighted by atomic mass is 16.8. The summed E-state index contributed by atoms with van der Waals surface area (Å²) in [4.78, 5) is 44.5. The molecule has 0 aromatic rings. The highest BCUT2D eigenvalue weighted by Crippen LogP contribution is 2.25. The van der Waals surface area contributed by atoms with Crippen molar-refractivity contribution >= 4 is 25.0 Å². The molecule has 0 saturated carbocycles. The smallest absolute Gasteiger partial charge is 0.295 e. The molecular weight excluding hydrogens is 382 g/mol. The number of hydrogen-bond acceptors (Lipinski definition) is 11. The van der Waals surface area contributed by atoms with Gasteiger partial charge in [0, 0.05) is 14.0 Å². The van der Waals surface area contributed by atoms with Crippen molar-refractivity contribution in [3.05, 3.63) is 0 Å². The first-order valence-electron chi connectivity index (χ1n) is 8.37. The molecule has 1 aliphatic rings. The summed E-state index contributed by atoms with van der Waals surface area (Å²) in [7, 11) is 1.16. The van der Waals surface area contributed by atoms with Gasteiger partial charge in [0.2, 0.25) is 18.5 Å². The van der Waals surface area contributed by atoms with Crippen LogP contribution in [0.2, 0.25) is 0 Å². The van der Waals surface area contributed by atoms with E-state index in [-0.39, 0.29) is 12.8 Å². The molecule has 12 nitrogen and oxygen atoms in total. The predicted molar refractivity (Wildman–Crippen MR) is 88.6 cm³/mol. The summed E-state index contributed by atoms with van der Waals surface area (Å²) in [6.07, 6.45) is -8.54. The second-order valence-electron chi connectivity index (χ2n) is 5.96. The number of aliphatic hydroxyl groups is 2. The molecule has 0 aliphatic carbocycles. The van der Waals surface area contributed by atoms with Crippen LogP contribution in [0, 0.1) is 0 Å². The Morgan fingerprint density at radius 2 is 1.96 bits per heavy atom. The van der Waals surface area contributed by atoms with E-state index in [1.807, 2.05) is 0 Å². The van der Waals surface area contributed by atoms with Crippen LogP contribution in [0.1, 0.15) is 13.8 Å². The number of amides is 1. The van der Waals surface area contributed by atoms with Crippen LogP contribution in [0.5, 0.6) is 0 Å². The quantitative estimate of drug-likeness (QED) is 0.227. The molecule has 28 heavy (non-hydrogen) atoms. The first-order valence-corrected chi connectivity index (χ1v) is 8.37. The molecule has 1 fully saturated rings. The molecule has 1 amide bonds. The van der Waals surface area contributed by atoms with Crippen LogP contribution in [-0.4, -0.2) is 98.0 Å². The Hall–Kier alpha value is -1.96. The van der Waals surface area contributed by atoms with E-state index in [1.54, 1.807) is 6.92 Å². The van der Waals surface area contributed by atoms with Gasteiger partial charge in [0.25, 0.3) is 6.47 Å². The van der Waals surface area contributed by atoms with Crippen LogP contribution in [0.15, 0.2) is 0 Å². The molecule has 1 aliphatic heterocycles. The van der Waals surface area contributed by atoms with Crippen LogP contribution in [0.4, 0.5) is 0 Å². The number of ether oxygens (including phenoxy) is 5. The molecule has 0 radical (unpaired) electrons. The third kappa shape index (κ3) is 6.29. The van der Waals surface area contributed by atoms with Crippen molar-refractivity contribution in [3.8, 4) is 0 Å². The molecule has 12 heteroatoms. The van der Waals surface area contributed by atoms with Gasteiger partial charge in [-0.3, -0.25) is 14.4 Å². The lowest BCUT2D eigenvalue weighted by Gasteiger charge is -2.44. The highest BCUT2D eigenvalue weighted by molar-refractivity contribution is 5.73. The molecule has 1 rings (SSSR count). The number of rotatable bonds is 12. The number of carbonyl (C=O) groups excluding carboxylic acids is 4. The average Bonchev–Trinajstić information content (AvgIpc) is 2.66. The normalized spacial score (nSPS) is 30.5. The Morgan fingerprint density at radius 1 is 1.29 bits per heavy atom. The van der Waals surface area contributed by atoms with E-state index in [2.05, 4.69) is 10.1 Å². The zero-order chi connectivity index (χ0) is 21.3. The molecule has 8 atom stereocenters. The van der Waals surface area contributed by atoms with Gasteiger partial charge in [-0.15, -0.1) is 0 Å². The number of methoxy groups -OCH3 is 1. The van der Waals surface area contributed by atoms with E-state index in [0.717, 1.165) is 7.11 Å². The molecule has 4 unspecified atom stereocenters. The SMILES string of the molecule is COC(C=O)C(OC=O)O[C@@H](C=O)OC1[C@H](O)C(CO)O[C@@H](C)[C@H]1NC(C)=O. The fourth-order valence-corrected chi connectivity index (χ4v) is 2.74. The minimum atomic E-state index is -1.71. The van der Waals surface area contributed by atoms with Crippen molar-refractivity contribution in [2.75, 3.05) is 13.7 Å². The fraction of sp³-hybridized carbons (Fsp3) is 0.750. The standard InChI is InChI=1S/C16H25NO11/c1-8-13(17-9(2)22)15(14(23)10(4-18)26-8)27-12(6-20)28-16(25-7-21)11(5-19)24-3/h5-8,10-16,18,23H,4H2,1-3H3,(H,17,22)/t8-,10?,11?,12-,13+,14+,15?,16?/m0/s1. The molecule has 3 N–H and O–H groups in total. The van der Waals surface area contributed by atoms with Crippen molar-refractivity contribution in [1.29, 1.82) is 0 Å². The number of nitrogens with one attached hydrogen (secondary N) is 1. The van der Waals surface area contributed by atoms with Crippen LogP contribution < -0.4 is 5.32 Å². The van der Waals surface area contributed by atoms with Crippen molar-refractivity contribution in [2.45, 2.75) is 63.0 Å². The minimum Gasteiger partial charge on any atom is -0.434 e. The van der Waals surface area contributed by atoms with Gasteiger partial charge in [0.1, 0.15) is 18.3 Å². The van der Waals surface area contributed by atoms with Gasteiger partial charge in [0.05, 0.1) is 18.8 Å². The summed E-state index contributed by atoms with van der Waals surface area (Å²) in [5.41, 5.74) is 0. The van der Waals surface area contributed by atoms with E-state index in [9.17, 15) is 29.4 Å². The third-order valence-corrected chi connectivity index (χ3v) is 4.05. The number of aldehydes is 2. The van der Waals surface area contributed by atoms with Crippen LogP contribution in [0.3, 0.4) is 0 Å². The van der Waals surface area contributed by atoms with Gasteiger partial charge in [-0.25, -0.2) is 0 Å². The molecule has 160 valence electrons. The van der Waals surface area contributed by atoms with E-state index in [4.69, 9.17) is 18.9 Å². The van der Waals surface area contributed by atoms with Gasteiger partial charge in [-0.05, 0) is 6.92 Å². The van der Waals surface area contributed by atoms with Crippen LogP contribution in [0.25, 0.3) is 0 Å². The molecule has 0 aromatic heterocycles. The zero-order valence-corrected chi connectivity index (χ0v) is 15.6. The van der Waals surface area contributed by atoms with Gasteiger partial charge in [0.15, 0.2) is 18.7 Å². The lowest BCUT2D eigenvalue weighted by atomic mass is 9.93. The van der Waals surface area contributed by atoms with E-state index >= 15 is 0 Å². The molecule has 1 saturated heterocycles. The lowest BCUT2D eigenvalue weighted by Crippen LogP contribution is -2.64. The highest BCUT2D eigenvalue weighted by Gasteiger charge is 2.46. The summed E-state index contributed by atoms with van der Waals surface area (Å²) in [6, 6.07) is -0.893. The Kier molecular flexibility index (Phi) is 10.1. The summed E-state index contributed by atoms with van der Waals surface area (Å²) < 4.78 is 25.5. The van der Waals surface area contributed by atoms with Gasteiger partial charge < -0.3 is 44.0 Å². The maximum atomic E-state index is 11.5. The fourth-order valence-electron chi connectivity index (χ4n) is 2.74. The van der Waals surface area contributed by atoms with Crippen LogP contribution >= 0.6 is 0 Å². The Balaban J connectivity index is 3.02. The van der Waals surface area contributed by atoms with Crippen molar-refractivity contribution in [1.82, 2.24) is 5.32 Å². The van der Waals surface area contributed by atoms with E-state index < -0.39 is 61.7 Å².